The van der Waals surface area contributed by atoms with Gasteiger partial charge in [0.05, 0.1) is 5.92 Å². The second-order valence-electron chi connectivity index (χ2n) is 19.6. The quantitative estimate of drug-likeness (QED) is 0.165. The summed E-state index contributed by atoms with van der Waals surface area (Å²) in [5.74, 6) is 2.35. The number of nitrogens with zero attached hydrogens (tertiary/aromatic N) is 1. The molecule has 68 heavy (non-hydrogen) atoms. The largest absolute Gasteiger partial charge is 0.459 e. The van der Waals surface area contributed by atoms with Gasteiger partial charge in [-0.25, -0.2) is 0 Å². The van der Waals surface area contributed by atoms with Crippen molar-refractivity contribution in [1.29, 1.82) is 0 Å². The van der Waals surface area contributed by atoms with Crippen molar-refractivity contribution in [2.45, 2.75) is 44.9 Å². The van der Waals surface area contributed by atoms with Gasteiger partial charge >= 0.3 is 0 Å². The first-order valence-electron chi connectivity index (χ1n) is 23.9. The molecule has 4 heteroatoms. The Morgan fingerprint density at radius 1 is 0.529 bits per heavy atom. The average molecular weight is 910 g/mol. The number of hydrogen-bond acceptors (Lipinski definition) is 4. The molecule has 3 aromatic heterocycles. The van der Waals surface area contributed by atoms with Crippen LogP contribution >= 0.6 is 22.7 Å². The molecule has 3 heterocycles. The number of hydrogen-bond donors (Lipinski definition) is 0. The van der Waals surface area contributed by atoms with Gasteiger partial charge in [-0.15, -0.1) is 22.7 Å². The topological polar surface area (TPSA) is 16.4 Å². The van der Waals surface area contributed by atoms with Crippen LogP contribution in [0, 0.1) is 5.41 Å². The summed E-state index contributed by atoms with van der Waals surface area (Å²) in [6.45, 7) is 7.24. The van der Waals surface area contributed by atoms with E-state index in [2.05, 4.69) is 226 Å². The van der Waals surface area contributed by atoms with E-state index in [1.807, 2.05) is 22.7 Å². The molecular weight excluding hydrogens is 863 g/mol. The third-order valence-electron chi connectivity index (χ3n) is 15.9. The van der Waals surface area contributed by atoms with E-state index in [-0.39, 0.29) is 16.7 Å². The van der Waals surface area contributed by atoms with Gasteiger partial charge in [0, 0.05) is 79.5 Å². The first-order valence-corrected chi connectivity index (χ1v) is 25.5. The molecule has 8 aromatic carbocycles. The van der Waals surface area contributed by atoms with Crippen LogP contribution in [0.1, 0.15) is 72.4 Å². The summed E-state index contributed by atoms with van der Waals surface area (Å²) in [4.78, 5) is 2.40. The molecule has 11 aromatic rings. The van der Waals surface area contributed by atoms with Crippen LogP contribution in [0.5, 0.6) is 0 Å². The molecule has 14 rings (SSSR count). The number of benzene rings is 8. The van der Waals surface area contributed by atoms with Crippen molar-refractivity contribution in [2.24, 2.45) is 5.41 Å². The predicted octanol–water partition coefficient (Wildman–Crippen LogP) is 18.7. The van der Waals surface area contributed by atoms with Gasteiger partial charge < -0.3 is 9.32 Å². The maximum Gasteiger partial charge on any atom is 0.138 e. The molecule has 0 bridgehead atoms. The van der Waals surface area contributed by atoms with Crippen LogP contribution < -0.4 is 4.90 Å². The first-order chi connectivity index (χ1) is 33.3. The van der Waals surface area contributed by atoms with Gasteiger partial charge in [-0.05, 0) is 106 Å². The van der Waals surface area contributed by atoms with Gasteiger partial charge in [0.25, 0.3) is 0 Å². The van der Waals surface area contributed by atoms with Crippen molar-refractivity contribution >= 4 is 91.7 Å². The molecule has 3 aliphatic carbocycles. The van der Waals surface area contributed by atoms with E-state index in [0.29, 0.717) is 0 Å². The number of fused-ring (bicyclic) bond motifs is 13. The van der Waals surface area contributed by atoms with Crippen molar-refractivity contribution < 1.29 is 4.42 Å². The molecule has 0 aliphatic heterocycles. The summed E-state index contributed by atoms with van der Waals surface area (Å²) in [6.07, 6.45) is 9.25. The van der Waals surface area contributed by atoms with Crippen molar-refractivity contribution in [1.82, 2.24) is 0 Å². The summed E-state index contributed by atoms with van der Waals surface area (Å²) in [6, 6.07) is 67.5. The molecule has 2 unspecified atom stereocenters. The van der Waals surface area contributed by atoms with Crippen molar-refractivity contribution in [3.63, 3.8) is 0 Å². The standard InChI is InChI=1S/C64H47NOS2/c1-63(2)55-22-7-4-15-54(55)58-60-51(37-38-64(58,63)3)50-19-10-16-45(59(50)66-60)39-25-31-42(32-26-39)65(43-33-27-40(28-34-43)46-17-11-20-52-48-13-5-8-23-56(48)67-61(46)52)44-35-29-41(30-36-44)47-18-12-21-53-49-14-6-9-24-57(49)68-62(47)53/h4-9,11-18,20-38,58H,10,19H2,1-3H3. The number of allylic oxidation sites excluding steroid dienone is 2. The molecule has 0 amide bonds. The normalized spacial score (nSPS) is 17.9. The highest BCUT2D eigenvalue weighted by Gasteiger charge is 2.57. The molecule has 0 radical (unpaired) electrons. The second kappa shape index (κ2) is 14.9. The Bertz CT molecular complexity index is 3740. The Morgan fingerprint density at radius 3 is 1.63 bits per heavy atom. The van der Waals surface area contributed by atoms with Crippen LogP contribution in [0.2, 0.25) is 0 Å². The van der Waals surface area contributed by atoms with Crippen LogP contribution in [0.15, 0.2) is 199 Å². The lowest BCUT2D eigenvalue weighted by Crippen LogP contribution is -2.37. The third kappa shape index (κ3) is 5.74. The van der Waals surface area contributed by atoms with Gasteiger partial charge in [-0.1, -0.05) is 172 Å². The fourth-order valence-corrected chi connectivity index (χ4v) is 14.6. The van der Waals surface area contributed by atoms with E-state index < -0.39 is 0 Å². The summed E-state index contributed by atoms with van der Waals surface area (Å²) in [5.41, 5.74) is 16.1. The third-order valence-corrected chi connectivity index (χ3v) is 18.4. The Balaban J connectivity index is 0.847. The molecule has 0 spiro atoms. The highest BCUT2D eigenvalue weighted by atomic mass is 32.1. The van der Waals surface area contributed by atoms with Crippen LogP contribution in [0.3, 0.4) is 0 Å². The molecule has 0 saturated heterocycles. The predicted molar refractivity (Wildman–Crippen MR) is 290 cm³/mol. The van der Waals surface area contributed by atoms with Crippen LogP contribution in [-0.4, -0.2) is 0 Å². The Morgan fingerprint density at radius 2 is 1.04 bits per heavy atom. The molecule has 2 atom stereocenters. The zero-order valence-electron chi connectivity index (χ0n) is 38.2. The molecule has 3 aliphatic rings. The number of anilines is 3. The second-order valence-corrected chi connectivity index (χ2v) is 21.7. The van der Waals surface area contributed by atoms with Crippen LogP contribution in [-0.2, 0) is 11.8 Å². The van der Waals surface area contributed by atoms with Gasteiger partial charge in [0.15, 0.2) is 0 Å². The minimum atomic E-state index is -0.0760. The van der Waals surface area contributed by atoms with E-state index in [1.54, 1.807) is 0 Å². The summed E-state index contributed by atoms with van der Waals surface area (Å²) < 4.78 is 12.5. The van der Waals surface area contributed by atoms with Gasteiger partial charge in [-0.2, -0.15) is 0 Å². The highest BCUT2D eigenvalue weighted by molar-refractivity contribution is 7.26. The molecule has 2 nitrogen and oxygen atoms in total. The molecule has 0 N–H and O–H groups in total. The molecular formula is C64H47NOS2. The monoisotopic (exact) mass is 909 g/mol. The lowest BCUT2D eigenvalue weighted by molar-refractivity contribution is 0.223. The number of thiophene rings is 2. The van der Waals surface area contributed by atoms with Gasteiger partial charge in [-0.3, -0.25) is 0 Å². The van der Waals surface area contributed by atoms with Gasteiger partial charge in [0.2, 0.25) is 0 Å². The Labute approximate surface area is 404 Å². The maximum absolute atomic E-state index is 7.20. The van der Waals surface area contributed by atoms with Gasteiger partial charge in [0.1, 0.15) is 11.5 Å². The smallest absolute Gasteiger partial charge is 0.138 e. The maximum atomic E-state index is 7.20. The van der Waals surface area contributed by atoms with E-state index in [9.17, 15) is 0 Å². The summed E-state index contributed by atoms with van der Waals surface area (Å²) >= 11 is 3.76. The van der Waals surface area contributed by atoms with E-state index >= 15 is 0 Å². The fraction of sp³-hybridized carbons (Fsp3) is 0.125. The van der Waals surface area contributed by atoms with E-state index in [0.717, 1.165) is 41.4 Å². The fourth-order valence-electron chi connectivity index (χ4n) is 12.1. The minimum Gasteiger partial charge on any atom is -0.459 e. The minimum absolute atomic E-state index is 0.0166. The lowest BCUT2D eigenvalue weighted by Gasteiger charge is -2.42. The number of rotatable bonds is 6. The van der Waals surface area contributed by atoms with Crippen molar-refractivity contribution in [2.75, 3.05) is 4.90 Å². The summed E-state index contributed by atoms with van der Waals surface area (Å²) in [5, 5.41) is 5.28. The Kier molecular flexibility index (Phi) is 8.73. The molecule has 0 saturated carbocycles. The van der Waals surface area contributed by atoms with Crippen molar-refractivity contribution in [3.8, 4) is 22.3 Å². The zero-order valence-corrected chi connectivity index (χ0v) is 39.8. The van der Waals surface area contributed by atoms with E-state index in [4.69, 9.17) is 4.42 Å². The highest BCUT2D eigenvalue weighted by Crippen LogP contribution is 2.65. The lowest BCUT2D eigenvalue weighted by atomic mass is 9.61. The average Bonchev–Trinajstić information content (AvgIpc) is 4.12. The van der Waals surface area contributed by atoms with Crippen molar-refractivity contribution in [3.05, 3.63) is 233 Å². The van der Waals surface area contributed by atoms with Crippen LogP contribution in [0.4, 0.5) is 17.1 Å². The Hall–Kier alpha value is -7.24. The van der Waals surface area contributed by atoms with E-state index in [1.165, 1.54) is 96.0 Å². The summed E-state index contributed by atoms with van der Waals surface area (Å²) in [7, 11) is 0. The van der Waals surface area contributed by atoms with Crippen LogP contribution in [0.25, 0.3) is 74.2 Å². The number of furan rings is 1. The molecule has 326 valence electrons. The zero-order chi connectivity index (χ0) is 45.3. The molecule has 0 fully saturated rings. The first kappa shape index (κ1) is 39.9. The SMILES string of the molecule is CC1(C)c2ccccc2C2c3oc4c(c3C=CC21C)CCC=C4c1ccc(N(c2ccc(-c3cccc4c3sc3ccccc34)cc2)c2ccc(-c3cccc4c3sc3ccccc34)cc2)cc1.